The molecule has 0 atom stereocenters. The van der Waals surface area contributed by atoms with Gasteiger partial charge in [0.15, 0.2) is 4.93 Å². The van der Waals surface area contributed by atoms with E-state index in [1.54, 1.807) is 0 Å². The molecule has 1 aliphatic carbocycles. The molecule has 0 bridgehead atoms. The van der Waals surface area contributed by atoms with Gasteiger partial charge in [-0.1, -0.05) is 48.5 Å². The zero-order valence-electron chi connectivity index (χ0n) is 10.3. The van der Waals surface area contributed by atoms with Crippen molar-refractivity contribution < 1.29 is 4.74 Å². The van der Waals surface area contributed by atoms with Crippen molar-refractivity contribution in [2.24, 2.45) is 0 Å². The molecule has 0 unspecified atom stereocenters. The Bertz CT molecular complexity index is 599. The minimum Gasteiger partial charge on any atom is -0.474 e. The summed E-state index contributed by atoms with van der Waals surface area (Å²) in [6.45, 7) is 0. The normalized spacial score (nSPS) is 20.9. The van der Waals surface area contributed by atoms with Crippen molar-refractivity contribution in [3.05, 3.63) is 36.4 Å². The van der Waals surface area contributed by atoms with Crippen molar-refractivity contribution in [2.75, 3.05) is 0 Å². The molecule has 2 aliphatic rings. The highest BCUT2D eigenvalue weighted by Gasteiger charge is 2.41. The Balaban J connectivity index is 1.83. The fourth-order valence-corrected chi connectivity index (χ4v) is 4.51. The Hall–Kier alpha value is -1.15. The number of fused-ring (bicyclic) bond motifs is 3. The van der Waals surface area contributed by atoms with Crippen LogP contribution < -0.4 is 4.74 Å². The van der Waals surface area contributed by atoms with Gasteiger partial charge in [-0.05, 0) is 37.1 Å². The molecule has 2 aromatic carbocycles. The van der Waals surface area contributed by atoms with E-state index in [1.165, 1.54) is 47.8 Å². The Kier molecular flexibility index (Phi) is 2.34. The lowest BCUT2D eigenvalue weighted by Gasteiger charge is -2.31. The first-order chi connectivity index (χ1) is 8.86. The van der Waals surface area contributed by atoms with Gasteiger partial charge in [0.25, 0.3) is 0 Å². The van der Waals surface area contributed by atoms with E-state index < -0.39 is 0 Å². The van der Waals surface area contributed by atoms with E-state index in [-0.39, 0.29) is 4.93 Å². The van der Waals surface area contributed by atoms with Crippen LogP contribution in [0.25, 0.3) is 10.8 Å². The van der Waals surface area contributed by atoms with Gasteiger partial charge in [0.1, 0.15) is 5.75 Å². The van der Waals surface area contributed by atoms with Gasteiger partial charge in [-0.25, -0.2) is 0 Å². The predicted molar refractivity (Wildman–Crippen MR) is 76.2 cm³/mol. The van der Waals surface area contributed by atoms with Crippen LogP contribution in [0.2, 0.25) is 0 Å². The summed E-state index contributed by atoms with van der Waals surface area (Å²) in [5.74, 6) is 1.13. The summed E-state index contributed by atoms with van der Waals surface area (Å²) in [6, 6.07) is 13.0. The second-order valence-electron chi connectivity index (χ2n) is 5.29. The van der Waals surface area contributed by atoms with Crippen molar-refractivity contribution in [3.8, 4) is 5.75 Å². The molecular weight excluding hydrogens is 240 g/mol. The fourth-order valence-electron chi connectivity index (χ4n) is 3.11. The maximum Gasteiger partial charge on any atom is 0.159 e. The molecule has 2 heteroatoms. The molecule has 2 aromatic rings. The Morgan fingerprint density at radius 3 is 2.67 bits per heavy atom. The number of thioether (sulfide) groups is 1. The van der Waals surface area contributed by atoms with Crippen molar-refractivity contribution in [2.45, 2.75) is 41.9 Å². The third-order valence-corrected chi connectivity index (χ3v) is 5.45. The number of ether oxygens (including phenoxy) is 1. The molecule has 1 saturated carbocycles. The number of benzene rings is 2. The van der Waals surface area contributed by atoms with Gasteiger partial charge in [0, 0.05) is 5.39 Å². The number of hydrogen-bond acceptors (Lipinski definition) is 2. The van der Waals surface area contributed by atoms with Crippen LogP contribution in [-0.2, 0) is 0 Å². The summed E-state index contributed by atoms with van der Waals surface area (Å²) in [7, 11) is 0. The third kappa shape index (κ3) is 1.55. The van der Waals surface area contributed by atoms with Gasteiger partial charge < -0.3 is 4.74 Å². The molecule has 0 amide bonds. The van der Waals surface area contributed by atoms with Crippen LogP contribution in [0.15, 0.2) is 41.3 Å². The van der Waals surface area contributed by atoms with Crippen LogP contribution >= 0.6 is 11.8 Å². The van der Waals surface area contributed by atoms with E-state index >= 15 is 0 Å². The minimum absolute atomic E-state index is 0.0463. The van der Waals surface area contributed by atoms with Gasteiger partial charge in [0.2, 0.25) is 0 Å². The Labute approximate surface area is 112 Å². The highest BCUT2D eigenvalue weighted by Crippen LogP contribution is 2.55. The van der Waals surface area contributed by atoms with Crippen molar-refractivity contribution in [3.63, 3.8) is 0 Å². The third-order valence-electron chi connectivity index (χ3n) is 4.04. The van der Waals surface area contributed by atoms with Gasteiger partial charge >= 0.3 is 0 Å². The van der Waals surface area contributed by atoms with Gasteiger partial charge in [-0.2, -0.15) is 0 Å². The highest BCUT2D eigenvalue weighted by atomic mass is 32.2. The second-order valence-corrected chi connectivity index (χ2v) is 6.68. The zero-order chi connectivity index (χ0) is 12.0. The molecule has 0 N–H and O–H groups in total. The van der Waals surface area contributed by atoms with E-state index in [4.69, 9.17) is 4.74 Å². The lowest BCUT2D eigenvalue weighted by atomic mass is 9.97. The van der Waals surface area contributed by atoms with E-state index in [1.807, 2.05) is 11.8 Å². The van der Waals surface area contributed by atoms with E-state index in [0.29, 0.717) is 0 Å². The maximum atomic E-state index is 6.41. The van der Waals surface area contributed by atoms with Crippen LogP contribution in [0, 0.1) is 0 Å². The zero-order valence-corrected chi connectivity index (χ0v) is 11.1. The summed E-state index contributed by atoms with van der Waals surface area (Å²) in [5.41, 5.74) is 0. The summed E-state index contributed by atoms with van der Waals surface area (Å²) in [5, 5.41) is 2.55. The van der Waals surface area contributed by atoms with Crippen LogP contribution in [0.5, 0.6) is 5.75 Å². The van der Waals surface area contributed by atoms with E-state index in [9.17, 15) is 0 Å². The molecule has 1 nitrogen and oxygen atoms in total. The highest BCUT2D eigenvalue weighted by molar-refractivity contribution is 8.00. The van der Waals surface area contributed by atoms with Crippen LogP contribution in [-0.4, -0.2) is 4.93 Å². The first kappa shape index (κ1) is 10.7. The largest absolute Gasteiger partial charge is 0.474 e. The average molecular weight is 256 g/mol. The van der Waals surface area contributed by atoms with Gasteiger partial charge in [0.05, 0.1) is 4.90 Å². The Morgan fingerprint density at radius 1 is 0.944 bits per heavy atom. The number of hydrogen-bond donors (Lipinski definition) is 0. The molecular formula is C16H16OS. The standard InChI is InChI=1S/C16H16OS/c1-4-10-16(11-5-1)17-15-13-7-3-2-6-12(13)8-9-14(15)18-16/h2-3,6-9H,1,4-5,10-11H2. The topological polar surface area (TPSA) is 9.23 Å². The Morgan fingerprint density at radius 2 is 1.78 bits per heavy atom. The summed E-state index contributed by atoms with van der Waals surface area (Å²) in [4.78, 5) is 1.38. The van der Waals surface area contributed by atoms with Crippen molar-refractivity contribution in [1.82, 2.24) is 0 Å². The molecule has 1 aliphatic heterocycles. The summed E-state index contributed by atoms with van der Waals surface area (Å²) in [6.07, 6.45) is 6.36. The molecule has 0 saturated heterocycles. The molecule has 1 heterocycles. The van der Waals surface area contributed by atoms with Crippen LogP contribution in [0.4, 0.5) is 0 Å². The first-order valence-corrected chi connectivity index (χ1v) is 7.58. The predicted octanol–water partition coefficient (Wildman–Crippen LogP) is 4.98. The van der Waals surface area contributed by atoms with Crippen molar-refractivity contribution in [1.29, 1.82) is 0 Å². The van der Waals surface area contributed by atoms with E-state index in [0.717, 1.165) is 5.75 Å². The monoisotopic (exact) mass is 256 g/mol. The van der Waals surface area contributed by atoms with Gasteiger partial charge in [-0.3, -0.25) is 0 Å². The first-order valence-electron chi connectivity index (χ1n) is 6.76. The quantitative estimate of drug-likeness (QED) is 0.657. The fraction of sp³-hybridized carbons (Fsp3) is 0.375. The van der Waals surface area contributed by atoms with Crippen molar-refractivity contribution >= 4 is 22.5 Å². The molecule has 1 spiro atoms. The molecule has 4 rings (SSSR count). The summed E-state index contributed by atoms with van der Waals surface area (Å²) >= 11 is 1.95. The molecule has 18 heavy (non-hydrogen) atoms. The van der Waals surface area contributed by atoms with E-state index in [2.05, 4.69) is 36.4 Å². The number of rotatable bonds is 0. The average Bonchev–Trinajstić information content (AvgIpc) is 2.78. The summed E-state index contributed by atoms with van der Waals surface area (Å²) < 4.78 is 6.41. The lowest BCUT2D eigenvalue weighted by molar-refractivity contribution is 0.129. The minimum atomic E-state index is 0.0463. The van der Waals surface area contributed by atoms with Gasteiger partial charge in [-0.15, -0.1) is 0 Å². The lowest BCUT2D eigenvalue weighted by Crippen LogP contribution is -2.31. The molecule has 0 radical (unpaired) electrons. The molecule has 0 aromatic heterocycles. The van der Waals surface area contributed by atoms with Crippen LogP contribution in [0.1, 0.15) is 32.1 Å². The van der Waals surface area contributed by atoms with Crippen LogP contribution in [0.3, 0.4) is 0 Å². The second kappa shape index (κ2) is 3.92. The molecule has 92 valence electrons. The smallest absolute Gasteiger partial charge is 0.159 e. The molecule has 1 fully saturated rings. The maximum absolute atomic E-state index is 6.41. The SMILES string of the molecule is c1ccc2c3c(ccc2c1)SC1(CCCCC1)O3.